The molecule has 3 aromatic heterocycles. The first-order valence-corrected chi connectivity index (χ1v) is 7.18. The van der Waals surface area contributed by atoms with Gasteiger partial charge in [-0.1, -0.05) is 0 Å². The van der Waals surface area contributed by atoms with Gasteiger partial charge < -0.3 is 5.32 Å². The van der Waals surface area contributed by atoms with Crippen molar-refractivity contribution in [2.75, 3.05) is 5.32 Å². The molecule has 0 amide bonds. The molecule has 0 saturated carbocycles. The number of nitrogens with one attached hydrogen (secondary N) is 1. The van der Waals surface area contributed by atoms with Gasteiger partial charge >= 0.3 is 0 Å². The minimum Gasteiger partial charge on any atom is -0.377 e. The van der Waals surface area contributed by atoms with Crippen LogP contribution in [0.5, 0.6) is 0 Å². The second kappa shape index (κ2) is 5.24. The van der Waals surface area contributed by atoms with Crippen molar-refractivity contribution in [3.63, 3.8) is 0 Å². The predicted octanol–water partition coefficient (Wildman–Crippen LogP) is 2.88. The molecule has 3 aromatic rings. The van der Waals surface area contributed by atoms with Gasteiger partial charge in [-0.25, -0.2) is 9.97 Å². The van der Waals surface area contributed by atoms with Crippen LogP contribution in [0.15, 0.2) is 35.6 Å². The van der Waals surface area contributed by atoms with Gasteiger partial charge in [0.15, 0.2) is 5.65 Å². The monoisotopic (exact) mass is 334 g/mol. The Hall–Kier alpha value is -1.89. The van der Waals surface area contributed by atoms with E-state index >= 15 is 0 Å². The zero-order chi connectivity index (χ0) is 14.1. The number of fused-ring (bicyclic) bond motifs is 1. The molecule has 0 bridgehead atoms. The lowest BCUT2D eigenvalue weighted by molar-refractivity contribution is 0.532. The van der Waals surface area contributed by atoms with Gasteiger partial charge in [0.25, 0.3) is 0 Å². The number of aromatic nitrogens is 5. The van der Waals surface area contributed by atoms with Crippen LogP contribution >= 0.6 is 15.9 Å². The first-order chi connectivity index (χ1) is 9.63. The lowest BCUT2D eigenvalue weighted by Crippen LogP contribution is -2.03. The van der Waals surface area contributed by atoms with Crippen molar-refractivity contribution in [3.05, 3.63) is 41.3 Å². The van der Waals surface area contributed by atoms with Crippen molar-refractivity contribution in [1.82, 2.24) is 24.1 Å². The van der Waals surface area contributed by atoms with Crippen molar-refractivity contribution in [3.8, 4) is 0 Å². The molecule has 0 aliphatic heterocycles. The predicted molar refractivity (Wildman–Crippen MR) is 80.6 cm³/mol. The standard InChI is InChI=1S/C13H15BrN6/c1-9(2)20-7-10(3-18-20)15-4-11-5-17-13-6-16-12(14)8-19(11)13/h3,5-9,15H,4H2,1-2H3. The number of hydrogen-bond acceptors (Lipinski definition) is 4. The first-order valence-electron chi connectivity index (χ1n) is 6.39. The Labute approximate surface area is 125 Å². The summed E-state index contributed by atoms with van der Waals surface area (Å²) in [6, 6.07) is 0.364. The second-order valence-corrected chi connectivity index (χ2v) is 5.66. The summed E-state index contributed by atoms with van der Waals surface area (Å²) in [4.78, 5) is 8.49. The van der Waals surface area contributed by atoms with Crippen molar-refractivity contribution < 1.29 is 0 Å². The molecule has 3 rings (SSSR count). The average Bonchev–Trinajstić information content (AvgIpc) is 3.02. The van der Waals surface area contributed by atoms with Gasteiger partial charge in [-0.05, 0) is 29.8 Å². The summed E-state index contributed by atoms with van der Waals surface area (Å²) in [5.41, 5.74) is 2.91. The molecule has 104 valence electrons. The molecule has 0 fully saturated rings. The van der Waals surface area contributed by atoms with Crippen molar-refractivity contribution in [1.29, 1.82) is 0 Å². The second-order valence-electron chi connectivity index (χ2n) is 4.84. The van der Waals surface area contributed by atoms with Gasteiger partial charge in [-0.2, -0.15) is 5.10 Å². The SMILES string of the molecule is CC(C)n1cc(NCc2cnc3cnc(Br)cn23)cn1. The first kappa shape index (κ1) is 13.1. The summed E-state index contributed by atoms with van der Waals surface area (Å²) in [5, 5.41) is 7.66. The highest BCUT2D eigenvalue weighted by atomic mass is 79.9. The summed E-state index contributed by atoms with van der Waals surface area (Å²) in [6.45, 7) is 4.89. The van der Waals surface area contributed by atoms with Crippen LogP contribution in [0.3, 0.4) is 0 Å². The van der Waals surface area contributed by atoms with Gasteiger partial charge in [0, 0.05) is 18.4 Å². The third-order valence-electron chi connectivity index (χ3n) is 3.05. The Morgan fingerprint density at radius 1 is 1.20 bits per heavy atom. The molecule has 0 spiro atoms. The number of halogens is 1. The van der Waals surface area contributed by atoms with E-state index in [9.17, 15) is 0 Å². The van der Waals surface area contributed by atoms with E-state index < -0.39 is 0 Å². The smallest absolute Gasteiger partial charge is 0.155 e. The van der Waals surface area contributed by atoms with Gasteiger partial charge in [0.2, 0.25) is 0 Å². The van der Waals surface area contributed by atoms with E-state index in [0.29, 0.717) is 12.6 Å². The topological polar surface area (TPSA) is 60.0 Å². The molecule has 0 unspecified atom stereocenters. The number of rotatable bonds is 4. The van der Waals surface area contributed by atoms with Gasteiger partial charge in [0.05, 0.1) is 36.5 Å². The third kappa shape index (κ3) is 2.53. The summed E-state index contributed by atoms with van der Waals surface area (Å²) < 4.78 is 4.73. The van der Waals surface area contributed by atoms with Crippen LogP contribution < -0.4 is 5.32 Å². The fraction of sp³-hybridized carbons (Fsp3) is 0.308. The molecule has 0 atom stereocenters. The average molecular weight is 335 g/mol. The van der Waals surface area contributed by atoms with Crippen molar-refractivity contribution >= 4 is 27.3 Å². The lowest BCUT2D eigenvalue weighted by Gasteiger charge is -2.05. The van der Waals surface area contributed by atoms with Crippen LogP contribution in [0.1, 0.15) is 25.6 Å². The number of anilines is 1. The Kier molecular flexibility index (Phi) is 3.43. The fourth-order valence-electron chi connectivity index (χ4n) is 1.95. The Balaban J connectivity index is 1.77. The summed E-state index contributed by atoms with van der Waals surface area (Å²) in [6.07, 6.45) is 9.34. The molecule has 1 N–H and O–H groups in total. The highest BCUT2D eigenvalue weighted by Crippen LogP contribution is 2.14. The molecular formula is C13H15BrN6. The van der Waals surface area contributed by atoms with Crippen molar-refractivity contribution in [2.24, 2.45) is 0 Å². The third-order valence-corrected chi connectivity index (χ3v) is 3.45. The van der Waals surface area contributed by atoms with Crippen LogP contribution in [0.4, 0.5) is 5.69 Å². The summed E-state index contributed by atoms with van der Waals surface area (Å²) in [7, 11) is 0. The molecule has 0 radical (unpaired) electrons. The molecule has 6 nitrogen and oxygen atoms in total. The van der Waals surface area contributed by atoms with Crippen LogP contribution in [0, 0.1) is 0 Å². The maximum atomic E-state index is 4.32. The normalized spacial score (nSPS) is 11.4. The summed E-state index contributed by atoms with van der Waals surface area (Å²) >= 11 is 3.37. The molecule has 20 heavy (non-hydrogen) atoms. The zero-order valence-corrected chi connectivity index (χ0v) is 12.9. The number of imidazole rings is 1. The maximum absolute atomic E-state index is 4.32. The van der Waals surface area contributed by atoms with Gasteiger partial charge in [-0.15, -0.1) is 0 Å². The Bertz CT molecular complexity index is 729. The van der Waals surface area contributed by atoms with Crippen LogP contribution in [-0.4, -0.2) is 24.1 Å². The fourth-order valence-corrected chi connectivity index (χ4v) is 2.26. The van der Waals surface area contributed by atoms with Crippen LogP contribution in [0.25, 0.3) is 5.65 Å². The molecule has 3 heterocycles. The lowest BCUT2D eigenvalue weighted by atomic mass is 10.4. The highest BCUT2D eigenvalue weighted by molar-refractivity contribution is 9.10. The summed E-state index contributed by atoms with van der Waals surface area (Å²) in [5.74, 6) is 0. The van der Waals surface area contributed by atoms with Gasteiger partial charge in [-0.3, -0.25) is 9.08 Å². The zero-order valence-electron chi connectivity index (χ0n) is 11.3. The molecule has 0 aliphatic rings. The van der Waals surface area contributed by atoms with E-state index in [0.717, 1.165) is 21.6 Å². The highest BCUT2D eigenvalue weighted by Gasteiger charge is 2.06. The van der Waals surface area contributed by atoms with E-state index in [-0.39, 0.29) is 0 Å². The molecular weight excluding hydrogens is 320 g/mol. The Morgan fingerprint density at radius 3 is 2.80 bits per heavy atom. The van der Waals surface area contributed by atoms with E-state index in [2.05, 4.69) is 50.2 Å². The number of hydrogen-bond donors (Lipinski definition) is 1. The van der Waals surface area contributed by atoms with E-state index in [4.69, 9.17) is 0 Å². The largest absolute Gasteiger partial charge is 0.377 e. The van der Waals surface area contributed by atoms with E-state index in [1.54, 1.807) is 6.20 Å². The van der Waals surface area contributed by atoms with E-state index in [1.165, 1.54) is 0 Å². The minimum absolute atomic E-state index is 0.364. The quantitative estimate of drug-likeness (QED) is 0.796. The molecule has 0 saturated heterocycles. The Morgan fingerprint density at radius 2 is 2.05 bits per heavy atom. The molecule has 0 aliphatic carbocycles. The van der Waals surface area contributed by atoms with Crippen LogP contribution in [0.2, 0.25) is 0 Å². The number of nitrogens with zero attached hydrogens (tertiary/aromatic N) is 5. The maximum Gasteiger partial charge on any atom is 0.155 e. The van der Waals surface area contributed by atoms with Crippen LogP contribution in [-0.2, 0) is 6.54 Å². The van der Waals surface area contributed by atoms with Crippen molar-refractivity contribution in [2.45, 2.75) is 26.4 Å². The minimum atomic E-state index is 0.364. The van der Waals surface area contributed by atoms with E-state index in [1.807, 2.05) is 33.9 Å². The van der Waals surface area contributed by atoms with Gasteiger partial charge in [0.1, 0.15) is 4.60 Å². The molecule has 0 aromatic carbocycles. The molecule has 7 heteroatoms.